The molecule has 0 bridgehead atoms. The summed E-state index contributed by atoms with van der Waals surface area (Å²) in [6.45, 7) is 11.3. The van der Waals surface area contributed by atoms with Crippen LogP contribution in [-0.2, 0) is 0 Å². The van der Waals surface area contributed by atoms with Crippen molar-refractivity contribution in [2.75, 3.05) is 14.2 Å². The molecule has 4 heteroatoms. The summed E-state index contributed by atoms with van der Waals surface area (Å²) >= 11 is 0. The molecular weight excluding hydrogens is 331 g/mol. The highest BCUT2D eigenvalue weighted by Crippen LogP contribution is 2.65. The van der Waals surface area contributed by atoms with Crippen molar-refractivity contribution in [1.29, 1.82) is 0 Å². The summed E-state index contributed by atoms with van der Waals surface area (Å²) < 4.78 is 17.7. The summed E-state index contributed by atoms with van der Waals surface area (Å²) in [6.07, 6.45) is 0. The molecule has 0 fully saturated rings. The van der Waals surface area contributed by atoms with Gasteiger partial charge < -0.3 is 14.2 Å². The number of fused-ring (bicyclic) bond motifs is 1. The molecule has 0 N–H and O–H groups in total. The third-order valence-corrected chi connectivity index (χ3v) is 7.91. The molecule has 134 valence electrons. The van der Waals surface area contributed by atoms with Crippen LogP contribution in [0.4, 0.5) is 0 Å². The van der Waals surface area contributed by atoms with Gasteiger partial charge in [0, 0.05) is 10.9 Å². The number of ether oxygens (including phenoxy) is 3. The number of rotatable bonds is 3. The Hall–Kier alpha value is -1.73. The Labute approximate surface area is 152 Å². The van der Waals surface area contributed by atoms with Gasteiger partial charge in [-0.15, -0.1) is 0 Å². The topological polar surface area (TPSA) is 27.7 Å². The van der Waals surface area contributed by atoms with Crippen LogP contribution in [0.25, 0.3) is 11.1 Å². The Balaban J connectivity index is 2.33. The number of hydrogen-bond acceptors (Lipinski definition) is 3. The van der Waals surface area contributed by atoms with Crippen molar-refractivity contribution < 1.29 is 14.2 Å². The van der Waals surface area contributed by atoms with Gasteiger partial charge in [-0.1, -0.05) is 39.0 Å². The van der Waals surface area contributed by atoms with Crippen LogP contribution in [-0.4, -0.2) is 24.7 Å². The molecule has 2 aromatic carbocycles. The summed E-state index contributed by atoms with van der Waals surface area (Å²) in [5, 5.41) is 1.22. The average Bonchev–Trinajstić information content (AvgIpc) is 2.83. The minimum absolute atomic E-state index is 0.120. The van der Waals surface area contributed by atoms with Crippen molar-refractivity contribution in [3.05, 3.63) is 36.4 Å². The van der Waals surface area contributed by atoms with Crippen LogP contribution >= 0.6 is 7.92 Å². The van der Waals surface area contributed by atoms with Gasteiger partial charge in [-0.2, -0.15) is 0 Å². The average molecular weight is 358 g/mol. The van der Waals surface area contributed by atoms with Gasteiger partial charge in [0.2, 0.25) is 0 Å². The molecule has 0 saturated heterocycles. The summed E-state index contributed by atoms with van der Waals surface area (Å²) in [5.41, 5.74) is 2.15. The Kier molecular flexibility index (Phi) is 4.49. The van der Waals surface area contributed by atoms with E-state index >= 15 is 0 Å². The molecule has 1 aliphatic heterocycles. The SMILES string of the molecule is COc1cccc(OC)c1-c1cccc2c1[P@@](C(C)(C)C)C(C)(C)O2. The monoisotopic (exact) mass is 358 g/mol. The minimum atomic E-state index is -0.558. The van der Waals surface area contributed by atoms with Crippen LogP contribution in [0.15, 0.2) is 36.4 Å². The van der Waals surface area contributed by atoms with Gasteiger partial charge >= 0.3 is 0 Å². The van der Waals surface area contributed by atoms with E-state index in [2.05, 4.69) is 52.8 Å². The smallest absolute Gasteiger partial charge is 0.130 e. The summed E-state index contributed by atoms with van der Waals surface area (Å²) in [4.78, 5) is 0. The molecule has 0 spiro atoms. The fourth-order valence-electron chi connectivity index (χ4n) is 3.88. The molecule has 0 aliphatic carbocycles. The largest absolute Gasteiger partial charge is 0.496 e. The fraction of sp³-hybridized carbons (Fsp3) is 0.429. The molecule has 1 atom stereocenters. The molecule has 1 heterocycles. The van der Waals surface area contributed by atoms with Gasteiger partial charge in [0.1, 0.15) is 22.6 Å². The molecule has 0 unspecified atom stereocenters. The van der Waals surface area contributed by atoms with E-state index in [1.54, 1.807) is 14.2 Å². The van der Waals surface area contributed by atoms with Crippen molar-refractivity contribution in [3.8, 4) is 28.4 Å². The lowest BCUT2D eigenvalue weighted by molar-refractivity contribution is 0.210. The van der Waals surface area contributed by atoms with Gasteiger partial charge in [0.15, 0.2) is 0 Å². The van der Waals surface area contributed by atoms with Crippen molar-refractivity contribution in [2.45, 2.75) is 45.1 Å². The third kappa shape index (κ3) is 3.00. The second kappa shape index (κ2) is 6.21. The lowest BCUT2D eigenvalue weighted by atomic mass is 10.0. The van der Waals surface area contributed by atoms with Gasteiger partial charge in [-0.25, -0.2) is 0 Å². The highest BCUT2D eigenvalue weighted by Gasteiger charge is 2.48. The van der Waals surface area contributed by atoms with Crippen LogP contribution in [0.5, 0.6) is 17.2 Å². The highest BCUT2D eigenvalue weighted by atomic mass is 31.1. The van der Waals surface area contributed by atoms with E-state index in [9.17, 15) is 0 Å². The first kappa shape index (κ1) is 18.1. The van der Waals surface area contributed by atoms with E-state index in [-0.39, 0.29) is 10.5 Å². The quantitative estimate of drug-likeness (QED) is 0.687. The Morgan fingerprint density at radius 1 is 0.920 bits per heavy atom. The molecule has 0 amide bonds. The zero-order chi connectivity index (χ0) is 18.4. The predicted octanol–water partition coefficient (Wildman–Crippen LogP) is 5.41. The Morgan fingerprint density at radius 2 is 1.48 bits per heavy atom. The first-order valence-corrected chi connectivity index (χ1v) is 9.88. The first-order valence-electron chi connectivity index (χ1n) is 8.54. The number of benzene rings is 2. The maximum absolute atomic E-state index is 6.39. The zero-order valence-electron chi connectivity index (χ0n) is 16.1. The van der Waals surface area contributed by atoms with Gasteiger partial charge in [-0.3, -0.25) is 0 Å². The van der Waals surface area contributed by atoms with Crippen LogP contribution in [0.2, 0.25) is 0 Å². The summed E-state index contributed by atoms with van der Waals surface area (Å²) in [6, 6.07) is 12.2. The van der Waals surface area contributed by atoms with E-state index in [0.717, 1.165) is 28.4 Å². The standard InChI is InChI=1S/C21H27O3P/c1-20(2,3)25-19-14(10-8-13-17(19)24-21(25,4)5)18-15(22-6)11-9-12-16(18)23-7/h8-13H,1-7H3/t25-/m0/s1. The van der Waals surface area contributed by atoms with E-state index in [0.29, 0.717) is 0 Å². The maximum atomic E-state index is 6.39. The van der Waals surface area contributed by atoms with Gasteiger partial charge in [-0.05, 0) is 45.1 Å². The van der Waals surface area contributed by atoms with E-state index in [1.165, 1.54) is 5.30 Å². The van der Waals surface area contributed by atoms with Crippen molar-refractivity contribution in [3.63, 3.8) is 0 Å². The first-order chi connectivity index (χ1) is 11.7. The molecule has 3 nitrogen and oxygen atoms in total. The van der Waals surface area contributed by atoms with Crippen LogP contribution in [0.3, 0.4) is 0 Å². The van der Waals surface area contributed by atoms with Crippen molar-refractivity contribution >= 4 is 13.2 Å². The van der Waals surface area contributed by atoms with E-state index < -0.39 is 7.92 Å². The van der Waals surface area contributed by atoms with Crippen LogP contribution in [0.1, 0.15) is 34.6 Å². The summed E-state index contributed by atoms with van der Waals surface area (Å²) in [5.74, 6) is 2.62. The molecule has 0 aromatic heterocycles. The zero-order valence-corrected chi connectivity index (χ0v) is 17.0. The van der Waals surface area contributed by atoms with Gasteiger partial charge in [0.25, 0.3) is 0 Å². The third-order valence-electron chi connectivity index (χ3n) is 4.49. The molecular formula is C21H27O3P. The van der Waals surface area contributed by atoms with E-state index in [1.807, 2.05) is 18.2 Å². The lowest BCUT2D eigenvalue weighted by Gasteiger charge is -2.37. The van der Waals surface area contributed by atoms with Gasteiger partial charge in [0.05, 0.1) is 19.8 Å². The molecule has 25 heavy (non-hydrogen) atoms. The molecule has 1 aliphatic rings. The van der Waals surface area contributed by atoms with Crippen LogP contribution < -0.4 is 19.5 Å². The molecule has 3 rings (SSSR count). The number of methoxy groups -OCH3 is 2. The number of hydrogen-bond donors (Lipinski definition) is 0. The second-order valence-corrected chi connectivity index (χ2v) is 11.3. The Morgan fingerprint density at radius 3 is 2.00 bits per heavy atom. The van der Waals surface area contributed by atoms with E-state index in [4.69, 9.17) is 14.2 Å². The molecule has 0 saturated carbocycles. The molecule has 2 aromatic rings. The summed E-state index contributed by atoms with van der Waals surface area (Å²) in [7, 11) is 2.85. The Bertz CT molecular complexity index is 768. The second-order valence-electron chi connectivity index (χ2n) is 7.74. The van der Waals surface area contributed by atoms with Crippen molar-refractivity contribution in [2.24, 2.45) is 0 Å². The van der Waals surface area contributed by atoms with Crippen molar-refractivity contribution in [1.82, 2.24) is 0 Å². The fourth-order valence-corrected chi connectivity index (χ4v) is 7.66. The maximum Gasteiger partial charge on any atom is 0.130 e. The minimum Gasteiger partial charge on any atom is -0.496 e. The lowest BCUT2D eigenvalue weighted by Crippen LogP contribution is -2.31. The predicted molar refractivity (Wildman–Crippen MR) is 106 cm³/mol. The highest BCUT2D eigenvalue weighted by molar-refractivity contribution is 7.69. The van der Waals surface area contributed by atoms with Crippen LogP contribution in [0, 0.1) is 0 Å². The normalized spacial score (nSPS) is 18.4. The molecule has 0 radical (unpaired) electrons.